The molecule has 1 atom stereocenters. The molecule has 0 spiro atoms. The zero-order valence-corrected chi connectivity index (χ0v) is 18.8. The minimum Gasteiger partial charge on any atom is -0.495 e. The number of hydrogen-bond donors (Lipinski definition) is 0. The quantitative estimate of drug-likeness (QED) is 0.533. The van der Waals surface area contributed by atoms with Crippen LogP contribution in [-0.2, 0) is 11.2 Å². The van der Waals surface area contributed by atoms with Gasteiger partial charge >= 0.3 is 0 Å². The van der Waals surface area contributed by atoms with Crippen LogP contribution < -0.4 is 4.74 Å². The molecule has 1 aromatic heterocycles. The molecule has 2 heterocycles. The van der Waals surface area contributed by atoms with E-state index >= 15 is 0 Å². The van der Waals surface area contributed by atoms with E-state index in [0.717, 1.165) is 66.9 Å². The summed E-state index contributed by atoms with van der Waals surface area (Å²) < 4.78 is 7.61. The summed E-state index contributed by atoms with van der Waals surface area (Å²) in [6, 6.07) is 14.9. The molecule has 5 rings (SSSR count). The van der Waals surface area contributed by atoms with E-state index in [4.69, 9.17) is 4.74 Å². The van der Waals surface area contributed by atoms with Crippen LogP contribution in [0, 0.1) is 6.92 Å². The second-order valence-electron chi connectivity index (χ2n) is 8.73. The number of likely N-dealkylation sites (tertiary alicyclic amines) is 1. The van der Waals surface area contributed by atoms with Gasteiger partial charge in [-0.1, -0.05) is 30.3 Å². The Morgan fingerprint density at radius 3 is 2.81 bits per heavy atom. The normalized spacial score (nSPS) is 19.8. The average Bonchev–Trinajstić information content (AvgIpc) is 3.26. The number of benzene rings is 2. The predicted molar refractivity (Wildman–Crippen MR) is 126 cm³/mol. The number of aromatic nitrogens is 2. The number of piperidine rings is 1. The summed E-state index contributed by atoms with van der Waals surface area (Å²) >= 11 is 0. The van der Waals surface area contributed by atoms with Crippen molar-refractivity contribution in [3.05, 3.63) is 82.9 Å². The minimum absolute atomic E-state index is 0.172. The number of imidazole rings is 1. The van der Waals surface area contributed by atoms with Crippen LogP contribution >= 0.6 is 0 Å². The molecule has 2 aromatic carbocycles. The van der Waals surface area contributed by atoms with Crippen molar-refractivity contribution < 1.29 is 9.53 Å². The molecule has 32 heavy (non-hydrogen) atoms. The zero-order chi connectivity index (χ0) is 22.1. The van der Waals surface area contributed by atoms with Gasteiger partial charge in [-0.2, -0.15) is 0 Å². The number of nitrogens with zero attached hydrogens (tertiary/aromatic N) is 3. The number of fused-ring (bicyclic) bond motifs is 1. The monoisotopic (exact) mass is 427 g/mol. The van der Waals surface area contributed by atoms with Crippen molar-refractivity contribution in [2.75, 3.05) is 13.7 Å². The molecule has 0 N–H and O–H groups in total. The average molecular weight is 428 g/mol. The van der Waals surface area contributed by atoms with Gasteiger partial charge in [-0.15, -0.1) is 0 Å². The van der Waals surface area contributed by atoms with Gasteiger partial charge in [0.15, 0.2) is 0 Å². The fourth-order valence-corrected chi connectivity index (χ4v) is 5.07. The van der Waals surface area contributed by atoms with Crippen LogP contribution in [0.15, 0.2) is 60.6 Å². The molecule has 164 valence electrons. The first-order valence-corrected chi connectivity index (χ1v) is 11.4. The zero-order valence-electron chi connectivity index (χ0n) is 18.8. The highest BCUT2D eigenvalue weighted by molar-refractivity contribution is 5.99. The van der Waals surface area contributed by atoms with Crippen LogP contribution in [0.2, 0.25) is 0 Å². The maximum absolute atomic E-state index is 13.5. The van der Waals surface area contributed by atoms with Gasteiger partial charge < -0.3 is 14.2 Å². The van der Waals surface area contributed by atoms with Crippen molar-refractivity contribution in [1.29, 1.82) is 0 Å². The van der Waals surface area contributed by atoms with Crippen LogP contribution in [-0.4, -0.2) is 34.0 Å². The highest BCUT2D eigenvalue weighted by atomic mass is 16.5. The van der Waals surface area contributed by atoms with Gasteiger partial charge in [-0.3, -0.25) is 4.79 Å². The Labute approximate surface area is 189 Å². The smallest absolute Gasteiger partial charge is 0.250 e. The number of aryl methyl sites for hydroxylation is 2. The summed E-state index contributed by atoms with van der Waals surface area (Å²) in [5.74, 6) is 0.935. The summed E-state index contributed by atoms with van der Waals surface area (Å²) in [7, 11) is 1.67. The van der Waals surface area contributed by atoms with Crippen LogP contribution in [0.1, 0.15) is 54.1 Å². The summed E-state index contributed by atoms with van der Waals surface area (Å²) in [5, 5.41) is 0. The second-order valence-corrected chi connectivity index (χ2v) is 8.73. The first kappa shape index (κ1) is 20.6. The number of ether oxygens (including phenoxy) is 1. The van der Waals surface area contributed by atoms with Crippen LogP contribution in [0.4, 0.5) is 0 Å². The van der Waals surface area contributed by atoms with E-state index < -0.39 is 0 Å². The molecule has 1 saturated heterocycles. The van der Waals surface area contributed by atoms with Gasteiger partial charge in [0, 0.05) is 18.3 Å². The lowest BCUT2D eigenvalue weighted by Crippen LogP contribution is -2.41. The second kappa shape index (κ2) is 8.65. The van der Waals surface area contributed by atoms with Gasteiger partial charge in [0.25, 0.3) is 0 Å². The Hall–Kier alpha value is -3.34. The Balaban J connectivity index is 1.43. The van der Waals surface area contributed by atoms with E-state index in [0.29, 0.717) is 0 Å². The number of amides is 1. The number of methoxy groups -OCH3 is 1. The maximum Gasteiger partial charge on any atom is 0.250 e. The van der Waals surface area contributed by atoms with Crippen molar-refractivity contribution in [2.45, 2.75) is 45.1 Å². The third kappa shape index (κ3) is 3.83. The molecule has 0 saturated carbocycles. The molecule has 0 radical (unpaired) electrons. The molecule has 1 fully saturated rings. The predicted octanol–water partition coefficient (Wildman–Crippen LogP) is 5.27. The SMILES string of the molecule is COc1cc(C=C2CCCN([C@H]3CCCc4ccccc43)C2=O)ccc1-n1cnc(C)c1. The molecule has 1 aliphatic carbocycles. The van der Waals surface area contributed by atoms with Crippen molar-refractivity contribution in [3.8, 4) is 11.4 Å². The minimum atomic E-state index is 0.172. The van der Waals surface area contributed by atoms with Crippen LogP contribution in [0.25, 0.3) is 11.8 Å². The number of rotatable bonds is 4. The number of hydrogen-bond acceptors (Lipinski definition) is 3. The van der Waals surface area contributed by atoms with Crippen molar-refractivity contribution in [3.63, 3.8) is 0 Å². The summed E-state index contributed by atoms with van der Waals surface area (Å²) in [6.07, 6.45) is 10.9. The molecular weight excluding hydrogens is 398 g/mol. The lowest BCUT2D eigenvalue weighted by molar-refractivity contribution is -0.131. The van der Waals surface area contributed by atoms with E-state index in [2.05, 4.69) is 34.1 Å². The largest absolute Gasteiger partial charge is 0.495 e. The van der Waals surface area contributed by atoms with E-state index in [1.807, 2.05) is 42.0 Å². The van der Waals surface area contributed by atoms with Gasteiger partial charge in [-0.05, 0) is 73.9 Å². The molecule has 1 aliphatic heterocycles. The van der Waals surface area contributed by atoms with E-state index in [9.17, 15) is 4.79 Å². The third-order valence-corrected chi connectivity index (χ3v) is 6.63. The molecule has 1 amide bonds. The van der Waals surface area contributed by atoms with Crippen LogP contribution in [0.5, 0.6) is 5.75 Å². The Bertz CT molecular complexity index is 1180. The molecule has 0 unspecified atom stereocenters. The third-order valence-electron chi connectivity index (χ3n) is 6.63. The van der Waals surface area contributed by atoms with Gasteiger partial charge in [-0.25, -0.2) is 4.98 Å². The first-order valence-electron chi connectivity index (χ1n) is 11.4. The fraction of sp³-hybridized carbons (Fsp3) is 0.333. The Kier molecular flexibility index (Phi) is 5.56. The van der Waals surface area contributed by atoms with E-state index in [1.165, 1.54) is 11.1 Å². The van der Waals surface area contributed by atoms with Gasteiger partial charge in [0.2, 0.25) is 5.91 Å². The van der Waals surface area contributed by atoms with E-state index in [1.54, 1.807) is 13.4 Å². The lowest BCUT2D eigenvalue weighted by Gasteiger charge is -2.39. The number of carbonyl (C=O) groups excluding carboxylic acids is 1. The molecule has 0 bridgehead atoms. The van der Waals surface area contributed by atoms with E-state index in [-0.39, 0.29) is 11.9 Å². The Morgan fingerprint density at radius 2 is 2.00 bits per heavy atom. The first-order chi connectivity index (χ1) is 15.6. The van der Waals surface area contributed by atoms with Crippen molar-refractivity contribution in [1.82, 2.24) is 14.5 Å². The van der Waals surface area contributed by atoms with Crippen molar-refractivity contribution in [2.24, 2.45) is 0 Å². The van der Waals surface area contributed by atoms with Crippen molar-refractivity contribution >= 4 is 12.0 Å². The summed E-state index contributed by atoms with van der Waals surface area (Å²) in [5.41, 5.74) is 6.48. The molecule has 3 aromatic rings. The molecule has 2 aliphatic rings. The lowest BCUT2D eigenvalue weighted by atomic mass is 9.85. The molecule has 5 heteroatoms. The molecular formula is C27H29N3O2. The molecule has 5 nitrogen and oxygen atoms in total. The maximum atomic E-state index is 13.5. The van der Waals surface area contributed by atoms with Gasteiger partial charge in [0.05, 0.1) is 30.9 Å². The van der Waals surface area contributed by atoms with Crippen LogP contribution in [0.3, 0.4) is 0 Å². The standard InChI is InChI=1S/C27H29N3O2/c1-19-17-29(18-28-19)25-13-12-20(16-26(25)32-2)15-22-9-6-14-30(27(22)31)24-11-5-8-21-7-3-4-10-23(21)24/h3-4,7,10,12-13,15-18,24H,5-6,8-9,11,14H2,1-2H3/t24-/m0/s1. The topological polar surface area (TPSA) is 47.4 Å². The fourth-order valence-electron chi connectivity index (χ4n) is 5.07. The summed E-state index contributed by atoms with van der Waals surface area (Å²) in [4.78, 5) is 19.9. The Morgan fingerprint density at radius 1 is 1.12 bits per heavy atom. The highest BCUT2D eigenvalue weighted by Gasteiger charge is 2.32. The van der Waals surface area contributed by atoms with Gasteiger partial charge in [0.1, 0.15) is 5.75 Å². The number of carbonyl (C=O) groups is 1. The highest BCUT2D eigenvalue weighted by Crippen LogP contribution is 2.37. The summed E-state index contributed by atoms with van der Waals surface area (Å²) in [6.45, 7) is 2.80.